The number of benzene rings is 1. The normalized spacial score (nSPS) is 35.0. The number of rotatable bonds is 7. The third kappa shape index (κ3) is 4.29. The van der Waals surface area contributed by atoms with Crippen LogP contribution >= 0.6 is 0 Å². The fraction of sp³-hybridized carbons (Fsp3) is 0.559. The molecule has 3 nitrogen and oxygen atoms in total. The first-order chi connectivity index (χ1) is 18.4. The van der Waals surface area contributed by atoms with Gasteiger partial charge in [0.1, 0.15) is 5.82 Å². The van der Waals surface area contributed by atoms with Crippen LogP contribution in [-0.4, -0.2) is 17.7 Å². The van der Waals surface area contributed by atoms with Gasteiger partial charge in [-0.25, -0.2) is 14.2 Å². The Morgan fingerprint density at radius 1 is 1.08 bits per heavy atom. The lowest BCUT2D eigenvalue weighted by Crippen LogP contribution is -2.65. The zero-order valence-corrected chi connectivity index (χ0v) is 23.8. The zero-order valence-electron chi connectivity index (χ0n) is 23.8. The minimum atomic E-state index is -0.230. The molecule has 1 aromatic carbocycles. The van der Waals surface area contributed by atoms with Gasteiger partial charge in [-0.05, 0) is 86.1 Å². The zero-order chi connectivity index (χ0) is 27.0. The van der Waals surface area contributed by atoms with Crippen LogP contribution in [0, 0.1) is 33.9 Å². The van der Waals surface area contributed by atoms with Crippen LogP contribution in [0.15, 0.2) is 60.3 Å². The van der Waals surface area contributed by atoms with Gasteiger partial charge in [-0.3, -0.25) is 4.98 Å². The Labute approximate surface area is 234 Å². The van der Waals surface area contributed by atoms with E-state index in [2.05, 4.69) is 52.8 Å². The smallest absolute Gasteiger partial charge is 0.123 e. The number of fused-ring (bicyclic) bond motifs is 2. The molecule has 0 unspecified atom stereocenters. The van der Waals surface area contributed by atoms with Gasteiger partial charge in [-0.15, -0.1) is 0 Å². The third-order valence-corrected chi connectivity index (χ3v) is 10.5. The summed E-state index contributed by atoms with van der Waals surface area (Å²) in [5.74, 6) is 0.741. The Morgan fingerprint density at radius 3 is 2.58 bits per heavy atom. The topological polar surface area (TPSA) is 31.4 Å². The van der Waals surface area contributed by atoms with Crippen LogP contribution in [0.2, 0.25) is 0 Å². The maximum atomic E-state index is 13.7. The minimum absolute atomic E-state index is 0. The second kappa shape index (κ2) is 10.7. The summed E-state index contributed by atoms with van der Waals surface area (Å²) in [5.41, 5.74) is 4.56. The molecule has 2 aliphatic carbocycles. The molecule has 2 heterocycles. The van der Waals surface area contributed by atoms with Crippen molar-refractivity contribution in [2.45, 2.75) is 85.7 Å². The molecular weight excluding hydrogens is 473 g/mol. The van der Waals surface area contributed by atoms with E-state index in [4.69, 9.17) is 14.8 Å². The Balaban J connectivity index is 0.00000220. The maximum Gasteiger partial charge on any atom is 0.123 e. The molecule has 0 spiro atoms. The van der Waals surface area contributed by atoms with E-state index in [0.717, 1.165) is 48.9 Å². The van der Waals surface area contributed by atoms with Crippen LogP contribution in [-0.2, 0) is 9.78 Å². The van der Waals surface area contributed by atoms with E-state index < -0.39 is 0 Å². The van der Waals surface area contributed by atoms with E-state index in [-0.39, 0.29) is 39.8 Å². The standard InChI is InChI=1S/C34H44FNO2.4H2/c1-6-31-34(9-4)30(18-16-28-15-14-26(21-36-28)25-11-10-12-27(35)19-25)29-17-13-24(5)20-32(29,7-2)22-33(34,8-3)23-37-38-31;;;;/h10-12,14-19,21,24,30-31H,6-9,13,20,22-23H2,1-5H3;4*1H/b18-16+;;;;/t24-,30+,31-,32+,33+,34-;;;;/m1..../s1. The summed E-state index contributed by atoms with van der Waals surface area (Å²) in [5, 5.41) is 0. The van der Waals surface area contributed by atoms with Crippen molar-refractivity contribution in [2.75, 3.05) is 6.61 Å². The molecule has 6 atom stereocenters. The molecule has 4 heteroatoms. The van der Waals surface area contributed by atoms with E-state index in [1.54, 1.807) is 17.7 Å². The van der Waals surface area contributed by atoms with Gasteiger partial charge in [-0.2, -0.15) is 0 Å². The number of nitrogens with zero attached hydrogens (tertiary/aromatic N) is 1. The minimum Gasteiger partial charge on any atom is -0.256 e. The third-order valence-electron chi connectivity index (χ3n) is 10.5. The molecule has 2 aromatic rings. The number of halogens is 1. The van der Waals surface area contributed by atoms with Crippen LogP contribution in [0.25, 0.3) is 17.2 Å². The summed E-state index contributed by atoms with van der Waals surface area (Å²) in [7, 11) is 0. The average molecular weight is 526 g/mol. The summed E-state index contributed by atoms with van der Waals surface area (Å²) in [4.78, 5) is 16.9. The molecule has 3 aliphatic rings. The summed E-state index contributed by atoms with van der Waals surface area (Å²) in [6.07, 6.45) is 17.0. The van der Waals surface area contributed by atoms with E-state index >= 15 is 0 Å². The van der Waals surface area contributed by atoms with Gasteiger partial charge in [0, 0.05) is 34.2 Å². The van der Waals surface area contributed by atoms with Gasteiger partial charge in [0.15, 0.2) is 0 Å². The Kier molecular flexibility index (Phi) is 7.68. The molecule has 0 bridgehead atoms. The number of hydrogen-bond acceptors (Lipinski definition) is 3. The van der Waals surface area contributed by atoms with Gasteiger partial charge in [0.25, 0.3) is 0 Å². The first-order valence-electron chi connectivity index (χ1n) is 14.8. The Morgan fingerprint density at radius 2 is 1.92 bits per heavy atom. The fourth-order valence-corrected chi connectivity index (χ4v) is 8.60. The molecule has 1 aromatic heterocycles. The lowest BCUT2D eigenvalue weighted by Gasteiger charge is -2.67. The van der Waals surface area contributed by atoms with Crippen molar-refractivity contribution in [2.24, 2.45) is 28.1 Å². The van der Waals surface area contributed by atoms with Crippen molar-refractivity contribution in [3.63, 3.8) is 0 Å². The molecule has 0 radical (unpaired) electrons. The molecule has 1 saturated heterocycles. The molecule has 0 amide bonds. The van der Waals surface area contributed by atoms with Crippen molar-refractivity contribution in [1.82, 2.24) is 4.98 Å². The summed E-state index contributed by atoms with van der Waals surface area (Å²) < 4.78 is 13.7. The molecule has 38 heavy (non-hydrogen) atoms. The molecule has 1 aliphatic heterocycles. The molecule has 2 fully saturated rings. The van der Waals surface area contributed by atoms with E-state index in [9.17, 15) is 4.39 Å². The molecule has 5 rings (SSSR count). The summed E-state index contributed by atoms with van der Waals surface area (Å²) >= 11 is 0. The largest absolute Gasteiger partial charge is 0.256 e. The predicted octanol–water partition coefficient (Wildman–Crippen LogP) is 10.2. The molecule has 1 saturated carbocycles. The van der Waals surface area contributed by atoms with E-state index in [0.29, 0.717) is 12.5 Å². The predicted molar refractivity (Wildman–Crippen MR) is 161 cm³/mol. The highest BCUT2D eigenvalue weighted by Gasteiger charge is 2.67. The molecular formula is C34H52FNO2. The lowest BCUT2D eigenvalue weighted by atomic mass is 9.39. The van der Waals surface area contributed by atoms with Crippen molar-refractivity contribution >= 4 is 6.08 Å². The highest BCUT2D eigenvalue weighted by Crippen LogP contribution is 2.71. The van der Waals surface area contributed by atoms with Gasteiger partial charge >= 0.3 is 0 Å². The van der Waals surface area contributed by atoms with Crippen LogP contribution in [0.1, 0.15) is 91.0 Å². The van der Waals surface area contributed by atoms with Crippen LogP contribution < -0.4 is 0 Å². The number of pyridine rings is 1. The van der Waals surface area contributed by atoms with Crippen LogP contribution in [0.3, 0.4) is 0 Å². The van der Waals surface area contributed by atoms with Crippen molar-refractivity contribution in [3.05, 3.63) is 71.8 Å². The number of hydrogen-bond donors (Lipinski definition) is 0. The van der Waals surface area contributed by atoms with Crippen molar-refractivity contribution < 1.29 is 19.9 Å². The molecule has 0 N–H and O–H groups in total. The van der Waals surface area contributed by atoms with E-state index in [1.165, 1.54) is 18.9 Å². The highest BCUT2D eigenvalue weighted by molar-refractivity contribution is 5.63. The van der Waals surface area contributed by atoms with Crippen molar-refractivity contribution in [1.29, 1.82) is 0 Å². The SMILES string of the molecule is CC[C@H]1OOC[C@]2(CC)C[C@]3(CC)C[C@H](C)CC=C3[C@H](/C=C/c3ccc(-c4cccc(F)c4)cn3)[C@]12CC.[HH].[HH].[HH].[HH]. The maximum absolute atomic E-state index is 13.7. The second-order valence-electron chi connectivity index (χ2n) is 12.1. The van der Waals surface area contributed by atoms with Gasteiger partial charge in [0.2, 0.25) is 0 Å². The quantitative estimate of drug-likeness (QED) is 0.266. The first-order valence-corrected chi connectivity index (χ1v) is 14.8. The monoisotopic (exact) mass is 525 g/mol. The number of aromatic nitrogens is 1. The first kappa shape index (κ1) is 27.3. The van der Waals surface area contributed by atoms with Crippen LogP contribution in [0.5, 0.6) is 0 Å². The Hall–Kier alpha value is -2.30. The summed E-state index contributed by atoms with van der Waals surface area (Å²) in [6, 6.07) is 10.8. The van der Waals surface area contributed by atoms with Crippen molar-refractivity contribution in [3.8, 4) is 11.1 Å². The van der Waals surface area contributed by atoms with E-state index in [1.807, 2.05) is 24.4 Å². The van der Waals surface area contributed by atoms with Gasteiger partial charge < -0.3 is 0 Å². The highest BCUT2D eigenvalue weighted by atomic mass is 19.1. The average Bonchev–Trinajstić information content (AvgIpc) is 2.94. The second-order valence-corrected chi connectivity index (χ2v) is 12.1. The van der Waals surface area contributed by atoms with Gasteiger partial charge in [0.05, 0.1) is 18.4 Å². The lowest BCUT2D eigenvalue weighted by molar-refractivity contribution is -0.423. The van der Waals surface area contributed by atoms with Gasteiger partial charge in [-0.1, -0.05) is 70.5 Å². The Bertz CT molecular complexity index is 1210. The summed E-state index contributed by atoms with van der Waals surface area (Å²) in [6.45, 7) is 12.4. The number of allylic oxidation sites excluding steroid dienone is 3. The fourth-order valence-electron chi connectivity index (χ4n) is 8.60. The molecule has 212 valence electrons. The van der Waals surface area contributed by atoms with Crippen LogP contribution in [0.4, 0.5) is 4.39 Å².